The molecule has 0 bridgehead atoms. The minimum absolute atomic E-state index is 0.185. The van der Waals surface area contributed by atoms with Gasteiger partial charge in [0, 0.05) is 13.0 Å². The highest BCUT2D eigenvalue weighted by atomic mass is 16.5. The molecule has 0 spiro atoms. The Bertz CT molecular complexity index is 196. The maximum atomic E-state index is 11.2. The molecule has 76 valence electrons. The smallest absolute Gasteiger partial charge is 0.237 e. The zero-order chi connectivity index (χ0) is 9.90. The van der Waals surface area contributed by atoms with Gasteiger partial charge in [0.05, 0.1) is 11.6 Å². The van der Waals surface area contributed by atoms with Crippen molar-refractivity contribution in [3.05, 3.63) is 0 Å². The summed E-state index contributed by atoms with van der Waals surface area (Å²) in [6, 6.07) is 0. The van der Waals surface area contributed by atoms with Crippen molar-refractivity contribution >= 4 is 5.91 Å². The van der Waals surface area contributed by atoms with Gasteiger partial charge in [-0.1, -0.05) is 0 Å². The molecule has 0 aliphatic heterocycles. The molecule has 0 aromatic heterocycles. The molecule has 1 amide bonds. The second-order valence-electron chi connectivity index (χ2n) is 3.52. The fourth-order valence-electron chi connectivity index (χ4n) is 1.95. The number of nitrogens with two attached hydrogens (primary N) is 1. The van der Waals surface area contributed by atoms with Crippen molar-refractivity contribution < 1.29 is 9.53 Å². The largest absolute Gasteiger partial charge is 0.378 e. The Labute approximate surface area is 78.8 Å². The van der Waals surface area contributed by atoms with Crippen LogP contribution >= 0.6 is 0 Å². The molecule has 0 heterocycles. The second-order valence-corrected chi connectivity index (χ2v) is 3.52. The first-order valence-corrected chi connectivity index (χ1v) is 4.75. The summed E-state index contributed by atoms with van der Waals surface area (Å²) in [4.78, 5) is 11.2. The van der Waals surface area contributed by atoms with Crippen molar-refractivity contribution in [2.45, 2.75) is 37.8 Å². The van der Waals surface area contributed by atoms with E-state index in [-0.39, 0.29) is 12.0 Å². The standard InChI is InChI=1S/C9H18N2O2/c1-3-13-7-4-5-9(6-7,11-2)8(10)12/h7,11H,3-6H2,1-2H3,(H2,10,12). The lowest BCUT2D eigenvalue weighted by Gasteiger charge is -2.24. The number of carbonyl (C=O) groups is 1. The maximum absolute atomic E-state index is 11.2. The maximum Gasteiger partial charge on any atom is 0.237 e. The molecule has 0 aromatic carbocycles. The molecular weight excluding hydrogens is 168 g/mol. The van der Waals surface area contributed by atoms with Gasteiger partial charge in [0.2, 0.25) is 5.91 Å². The third kappa shape index (κ3) is 2.00. The number of carbonyl (C=O) groups excluding carboxylic acids is 1. The van der Waals surface area contributed by atoms with E-state index in [4.69, 9.17) is 10.5 Å². The molecule has 4 heteroatoms. The van der Waals surface area contributed by atoms with Crippen LogP contribution in [0.3, 0.4) is 0 Å². The van der Waals surface area contributed by atoms with Crippen molar-refractivity contribution in [3.63, 3.8) is 0 Å². The first-order valence-electron chi connectivity index (χ1n) is 4.75. The third-order valence-corrected chi connectivity index (χ3v) is 2.82. The summed E-state index contributed by atoms with van der Waals surface area (Å²) in [5, 5.41) is 3.01. The monoisotopic (exact) mass is 186 g/mol. The normalized spacial score (nSPS) is 33.5. The van der Waals surface area contributed by atoms with Crippen molar-refractivity contribution in [2.24, 2.45) is 5.73 Å². The topological polar surface area (TPSA) is 64.3 Å². The number of nitrogens with one attached hydrogen (secondary N) is 1. The van der Waals surface area contributed by atoms with Gasteiger partial charge in [-0.2, -0.15) is 0 Å². The van der Waals surface area contributed by atoms with Crippen LogP contribution in [0, 0.1) is 0 Å². The molecule has 1 aliphatic carbocycles. The highest BCUT2D eigenvalue weighted by molar-refractivity contribution is 5.85. The van der Waals surface area contributed by atoms with E-state index < -0.39 is 5.54 Å². The highest BCUT2D eigenvalue weighted by Crippen LogP contribution is 2.31. The van der Waals surface area contributed by atoms with Crippen molar-refractivity contribution in [3.8, 4) is 0 Å². The van der Waals surface area contributed by atoms with E-state index in [1.54, 1.807) is 7.05 Å². The summed E-state index contributed by atoms with van der Waals surface area (Å²) in [7, 11) is 1.78. The Hall–Kier alpha value is -0.610. The quantitative estimate of drug-likeness (QED) is 0.650. The summed E-state index contributed by atoms with van der Waals surface area (Å²) >= 11 is 0. The van der Waals surface area contributed by atoms with E-state index in [0.717, 1.165) is 12.8 Å². The zero-order valence-corrected chi connectivity index (χ0v) is 8.30. The third-order valence-electron chi connectivity index (χ3n) is 2.82. The first kappa shape index (κ1) is 10.5. The van der Waals surface area contributed by atoms with Gasteiger partial charge in [0.15, 0.2) is 0 Å². The molecular formula is C9H18N2O2. The van der Waals surface area contributed by atoms with Gasteiger partial charge in [0.25, 0.3) is 0 Å². The molecule has 1 saturated carbocycles. The first-order chi connectivity index (χ1) is 6.14. The van der Waals surface area contributed by atoms with Crippen LogP contribution in [0.4, 0.5) is 0 Å². The van der Waals surface area contributed by atoms with E-state index in [1.807, 2.05) is 6.92 Å². The van der Waals surface area contributed by atoms with E-state index in [1.165, 1.54) is 0 Å². The number of likely N-dealkylation sites (N-methyl/N-ethyl adjacent to an activating group) is 1. The lowest BCUT2D eigenvalue weighted by atomic mass is 9.97. The van der Waals surface area contributed by atoms with Gasteiger partial charge >= 0.3 is 0 Å². The van der Waals surface area contributed by atoms with Crippen LogP contribution in [0.15, 0.2) is 0 Å². The summed E-state index contributed by atoms with van der Waals surface area (Å²) in [6.45, 7) is 2.66. The SMILES string of the molecule is CCOC1CCC(NC)(C(N)=O)C1. The number of hydrogen-bond donors (Lipinski definition) is 2. The Morgan fingerprint density at radius 2 is 2.46 bits per heavy atom. The average Bonchev–Trinajstić information content (AvgIpc) is 2.50. The Morgan fingerprint density at radius 3 is 2.85 bits per heavy atom. The number of amides is 1. The van der Waals surface area contributed by atoms with Crippen molar-refractivity contribution in [1.29, 1.82) is 0 Å². The summed E-state index contributed by atoms with van der Waals surface area (Å²) < 4.78 is 5.46. The Kier molecular flexibility index (Phi) is 3.27. The Morgan fingerprint density at radius 1 is 1.77 bits per heavy atom. The predicted octanol–water partition coefficient (Wildman–Crippen LogP) is 0.0189. The Balaban J connectivity index is 2.58. The van der Waals surface area contributed by atoms with Crippen LogP contribution in [0.2, 0.25) is 0 Å². The van der Waals surface area contributed by atoms with Crippen LogP contribution in [-0.4, -0.2) is 31.2 Å². The average molecular weight is 186 g/mol. The predicted molar refractivity (Wildman–Crippen MR) is 50.3 cm³/mol. The molecule has 13 heavy (non-hydrogen) atoms. The minimum atomic E-state index is -0.528. The van der Waals surface area contributed by atoms with Crippen LogP contribution in [0.1, 0.15) is 26.2 Å². The van der Waals surface area contributed by atoms with Gasteiger partial charge in [-0.3, -0.25) is 4.79 Å². The van der Waals surface area contributed by atoms with Crippen LogP contribution < -0.4 is 11.1 Å². The fraction of sp³-hybridized carbons (Fsp3) is 0.889. The summed E-state index contributed by atoms with van der Waals surface area (Å²) in [6.07, 6.45) is 2.58. The van der Waals surface area contributed by atoms with Gasteiger partial charge in [-0.05, 0) is 26.8 Å². The van der Waals surface area contributed by atoms with E-state index in [9.17, 15) is 4.79 Å². The minimum Gasteiger partial charge on any atom is -0.378 e. The molecule has 1 rings (SSSR count). The van der Waals surface area contributed by atoms with Crippen molar-refractivity contribution in [1.82, 2.24) is 5.32 Å². The molecule has 0 radical (unpaired) electrons. The lowest BCUT2D eigenvalue weighted by Crippen LogP contribution is -2.52. The van der Waals surface area contributed by atoms with Crippen LogP contribution in [-0.2, 0) is 9.53 Å². The molecule has 1 aliphatic rings. The highest BCUT2D eigenvalue weighted by Gasteiger charge is 2.43. The summed E-state index contributed by atoms with van der Waals surface area (Å²) in [5.41, 5.74) is 4.82. The number of primary amides is 1. The van der Waals surface area contributed by atoms with E-state index in [2.05, 4.69) is 5.32 Å². The number of rotatable bonds is 4. The van der Waals surface area contributed by atoms with Gasteiger partial charge in [0.1, 0.15) is 0 Å². The molecule has 0 saturated heterocycles. The van der Waals surface area contributed by atoms with E-state index >= 15 is 0 Å². The molecule has 0 aromatic rings. The van der Waals surface area contributed by atoms with Crippen LogP contribution in [0.5, 0.6) is 0 Å². The molecule has 2 atom stereocenters. The van der Waals surface area contributed by atoms with Crippen molar-refractivity contribution in [2.75, 3.05) is 13.7 Å². The van der Waals surface area contributed by atoms with Gasteiger partial charge < -0.3 is 15.8 Å². The number of ether oxygens (including phenoxy) is 1. The molecule has 4 nitrogen and oxygen atoms in total. The molecule has 2 unspecified atom stereocenters. The van der Waals surface area contributed by atoms with Crippen LogP contribution in [0.25, 0.3) is 0 Å². The number of hydrogen-bond acceptors (Lipinski definition) is 3. The lowest BCUT2D eigenvalue weighted by molar-refractivity contribution is -0.124. The second kappa shape index (κ2) is 4.07. The van der Waals surface area contributed by atoms with E-state index in [0.29, 0.717) is 13.0 Å². The van der Waals surface area contributed by atoms with Gasteiger partial charge in [-0.15, -0.1) is 0 Å². The fourth-order valence-corrected chi connectivity index (χ4v) is 1.95. The molecule has 3 N–H and O–H groups in total. The zero-order valence-electron chi connectivity index (χ0n) is 8.30. The van der Waals surface area contributed by atoms with Gasteiger partial charge in [-0.25, -0.2) is 0 Å². The molecule has 1 fully saturated rings. The summed E-state index contributed by atoms with van der Waals surface area (Å²) in [5.74, 6) is -0.266.